The summed E-state index contributed by atoms with van der Waals surface area (Å²) in [6, 6.07) is 0. The van der Waals surface area contributed by atoms with Crippen molar-refractivity contribution in [2.45, 2.75) is 13.8 Å². The molecule has 0 aliphatic carbocycles. The molecule has 58 valence electrons. The molecular weight excluding hydrogens is 150 g/mol. The van der Waals surface area contributed by atoms with Gasteiger partial charge in [-0.05, 0) is 0 Å². The molecule has 0 aromatic heterocycles. The zero-order chi connectivity index (χ0) is 8.15. The molecule has 10 heavy (non-hydrogen) atoms. The zero-order valence-electron chi connectivity index (χ0n) is 6.09. The molecule has 0 unspecified atom stereocenters. The maximum absolute atomic E-state index is 10.4. The number of carbonyl (C=O) groups is 2. The van der Waals surface area contributed by atoms with E-state index in [1.54, 1.807) is 6.92 Å². The summed E-state index contributed by atoms with van der Waals surface area (Å²) in [5.41, 5.74) is 4.96. The number of amides is 1. The third-order valence-corrected chi connectivity index (χ3v) is 2.10. The topological polar surface area (TPSA) is 60.2 Å². The van der Waals surface area contributed by atoms with E-state index in [1.807, 2.05) is 0 Å². The normalized spacial score (nSPS) is 12.6. The van der Waals surface area contributed by atoms with Crippen LogP contribution in [-0.4, -0.2) is 16.8 Å². The lowest BCUT2D eigenvalue weighted by Crippen LogP contribution is -2.22. The summed E-state index contributed by atoms with van der Waals surface area (Å²) < 4.78 is 0. The lowest BCUT2D eigenvalue weighted by atomic mass is 10.2. The fourth-order valence-corrected chi connectivity index (χ4v) is 0.973. The van der Waals surface area contributed by atoms with Gasteiger partial charge >= 0.3 is 0 Å². The molecule has 0 bridgehead atoms. The zero-order valence-corrected chi connectivity index (χ0v) is 6.90. The molecule has 0 aromatic carbocycles. The fourth-order valence-electron chi connectivity index (χ4n) is 0.324. The van der Waals surface area contributed by atoms with Crippen LogP contribution >= 0.6 is 11.8 Å². The van der Waals surface area contributed by atoms with Gasteiger partial charge in [0.25, 0.3) is 0 Å². The van der Waals surface area contributed by atoms with Crippen LogP contribution in [0.4, 0.5) is 0 Å². The Bertz CT molecular complexity index is 147. The third kappa shape index (κ3) is 4.38. The molecule has 4 heteroatoms. The number of nitrogens with two attached hydrogens (primary N) is 1. The summed E-state index contributed by atoms with van der Waals surface area (Å²) >= 11 is 1.13. The Morgan fingerprint density at radius 3 is 2.40 bits per heavy atom. The number of thioether (sulfide) groups is 1. The van der Waals surface area contributed by atoms with E-state index >= 15 is 0 Å². The molecular formula is C6H11NO2S. The van der Waals surface area contributed by atoms with E-state index in [9.17, 15) is 9.59 Å². The minimum absolute atomic E-state index is 0.0214. The molecule has 0 saturated carbocycles. The van der Waals surface area contributed by atoms with Crippen LogP contribution in [0.1, 0.15) is 13.8 Å². The number of hydrogen-bond acceptors (Lipinski definition) is 3. The molecule has 1 atom stereocenters. The van der Waals surface area contributed by atoms with Crippen LogP contribution in [0.2, 0.25) is 0 Å². The molecule has 0 aliphatic heterocycles. The van der Waals surface area contributed by atoms with E-state index < -0.39 is 0 Å². The molecule has 0 saturated heterocycles. The van der Waals surface area contributed by atoms with Gasteiger partial charge in [-0.2, -0.15) is 0 Å². The average molecular weight is 161 g/mol. The Kier molecular flexibility index (Phi) is 4.11. The molecule has 0 aliphatic rings. The molecule has 0 spiro atoms. The summed E-state index contributed by atoms with van der Waals surface area (Å²) in [6.07, 6.45) is 0. The maximum atomic E-state index is 10.4. The van der Waals surface area contributed by atoms with Crippen molar-refractivity contribution in [3.8, 4) is 0 Å². The van der Waals surface area contributed by atoms with Gasteiger partial charge in [0.2, 0.25) is 5.91 Å². The standard InChI is InChI=1S/C6H11NO2S/c1-4(6(7)9)3-10-5(2)8/h4H,3H2,1-2H3,(H2,7,9)/t4-/m0/s1. The second-order valence-corrected chi connectivity index (χ2v) is 3.30. The molecule has 0 aromatic rings. The Morgan fingerprint density at radius 2 is 2.10 bits per heavy atom. The molecule has 0 fully saturated rings. The van der Waals surface area contributed by atoms with E-state index in [4.69, 9.17) is 5.73 Å². The first-order chi connectivity index (χ1) is 4.54. The lowest BCUT2D eigenvalue weighted by molar-refractivity contribution is -0.120. The van der Waals surface area contributed by atoms with Crippen molar-refractivity contribution in [2.75, 3.05) is 5.75 Å². The van der Waals surface area contributed by atoms with Crippen LogP contribution in [0, 0.1) is 5.92 Å². The third-order valence-electron chi connectivity index (χ3n) is 1.02. The second kappa shape index (κ2) is 4.33. The van der Waals surface area contributed by atoms with Crippen molar-refractivity contribution >= 4 is 22.8 Å². The molecule has 0 heterocycles. The Hall–Kier alpha value is -0.510. The van der Waals surface area contributed by atoms with Crippen molar-refractivity contribution in [2.24, 2.45) is 11.7 Å². The largest absolute Gasteiger partial charge is 0.369 e. The first-order valence-electron chi connectivity index (χ1n) is 2.96. The van der Waals surface area contributed by atoms with Gasteiger partial charge in [-0.15, -0.1) is 0 Å². The molecule has 0 rings (SSSR count). The molecule has 1 amide bonds. The highest BCUT2D eigenvalue weighted by Gasteiger charge is 2.08. The summed E-state index contributed by atoms with van der Waals surface area (Å²) in [5.74, 6) is -0.0762. The maximum Gasteiger partial charge on any atom is 0.221 e. The molecule has 0 radical (unpaired) electrons. The highest BCUT2D eigenvalue weighted by atomic mass is 32.2. The van der Waals surface area contributed by atoms with Gasteiger partial charge in [0.1, 0.15) is 0 Å². The molecule has 3 nitrogen and oxygen atoms in total. The van der Waals surface area contributed by atoms with Crippen LogP contribution in [0.25, 0.3) is 0 Å². The van der Waals surface area contributed by atoms with E-state index in [2.05, 4.69) is 0 Å². The quantitative estimate of drug-likeness (QED) is 0.651. The minimum Gasteiger partial charge on any atom is -0.369 e. The van der Waals surface area contributed by atoms with Crippen molar-refractivity contribution in [1.82, 2.24) is 0 Å². The Labute approximate surface area is 64.4 Å². The summed E-state index contributed by atoms with van der Waals surface area (Å²) in [4.78, 5) is 20.8. The van der Waals surface area contributed by atoms with Crippen LogP contribution in [-0.2, 0) is 9.59 Å². The van der Waals surface area contributed by atoms with Crippen molar-refractivity contribution in [3.63, 3.8) is 0 Å². The summed E-state index contributed by atoms with van der Waals surface area (Å²) in [6.45, 7) is 3.18. The minimum atomic E-state index is -0.353. The SMILES string of the molecule is CC(=O)SC[C@H](C)C(N)=O. The first kappa shape index (κ1) is 9.49. The number of carbonyl (C=O) groups excluding carboxylic acids is 2. The van der Waals surface area contributed by atoms with Crippen LogP contribution in [0.3, 0.4) is 0 Å². The lowest BCUT2D eigenvalue weighted by Gasteiger charge is -2.02. The van der Waals surface area contributed by atoms with E-state index in [-0.39, 0.29) is 16.9 Å². The van der Waals surface area contributed by atoms with E-state index in [0.717, 1.165) is 11.8 Å². The highest BCUT2D eigenvalue weighted by molar-refractivity contribution is 8.13. The van der Waals surface area contributed by atoms with Gasteiger partial charge in [-0.1, -0.05) is 18.7 Å². The van der Waals surface area contributed by atoms with Gasteiger partial charge in [0, 0.05) is 18.6 Å². The van der Waals surface area contributed by atoms with Crippen LogP contribution < -0.4 is 5.73 Å². The van der Waals surface area contributed by atoms with E-state index in [1.165, 1.54) is 6.92 Å². The fraction of sp³-hybridized carbons (Fsp3) is 0.667. The first-order valence-corrected chi connectivity index (χ1v) is 3.95. The van der Waals surface area contributed by atoms with Crippen LogP contribution in [0.15, 0.2) is 0 Å². The van der Waals surface area contributed by atoms with Gasteiger partial charge in [-0.3, -0.25) is 9.59 Å². The Morgan fingerprint density at radius 1 is 1.60 bits per heavy atom. The number of rotatable bonds is 3. The predicted octanol–water partition coefficient (Wildman–Crippen LogP) is 0.388. The van der Waals surface area contributed by atoms with Crippen molar-refractivity contribution in [1.29, 1.82) is 0 Å². The average Bonchev–Trinajstić information content (AvgIpc) is 1.82. The number of hydrogen-bond donors (Lipinski definition) is 1. The predicted molar refractivity (Wildman–Crippen MR) is 41.5 cm³/mol. The monoisotopic (exact) mass is 161 g/mol. The van der Waals surface area contributed by atoms with Crippen LogP contribution in [0.5, 0.6) is 0 Å². The Balaban J connectivity index is 3.49. The van der Waals surface area contributed by atoms with Gasteiger partial charge in [0.05, 0.1) is 0 Å². The van der Waals surface area contributed by atoms with Crippen molar-refractivity contribution in [3.05, 3.63) is 0 Å². The second-order valence-electron chi connectivity index (χ2n) is 2.11. The molecule has 2 N–H and O–H groups in total. The van der Waals surface area contributed by atoms with Gasteiger partial charge in [0.15, 0.2) is 5.12 Å². The van der Waals surface area contributed by atoms with Crippen molar-refractivity contribution < 1.29 is 9.59 Å². The van der Waals surface area contributed by atoms with Gasteiger partial charge in [-0.25, -0.2) is 0 Å². The summed E-state index contributed by atoms with van der Waals surface area (Å²) in [7, 11) is 0. The van der Waals surface area contributed by atoms with Gasteiger partial charge < -0.3 is 5.73 Å². The smallest absolute Gasteiger partial charge is 0.221 e. The highest BCUT2D eigenvalue weighted by Crippen LogP contribution is 2.07. The summed E-state index contributed by atoms with van der Waals surface area (Å²) in [5, 5.41) is 0.0214. The van der Waals surface area contributed by atoms with E-state index in [0.29, 0.717) is 5.75 Å². The number of primary amides is 1.